The van der Waals surface area contributed by atoms with Crippen molar-refractivity contribution >= 4 is 18.0 Å². The molecule has 0 fully saturated rings. The van der Waals surface area contributed by atoms with Gasteiger partial charge in [0, 0.05) is 32.4 Å². The lowest BCUT2D eigenvalue weighted by Crippen LogP contribution is -2.44. The first-order valence-corrected chi connectivity index (χ1v) is 8.82. The zero-order valence-corrected chi connectivity index (χ0v) is 16.7. The fourth-order valence-electron chi connectivity index (χ4n) is 2.27. The predicted molar refractivity (Wildman–Crippen MR) is 100.0 cm³/mol. The van der Waals surface area contributed by atoms with Gasteiger partial charge in [-0.2, -0.15) is 0 Å². The number of carbonyl (C=O) groups excluding carboxylic acids is 3. The van der Waals surface area contributed by atoms with Gasteiger partial charge in [0.05, 0.1) is 7.11 Å². The lowest BCUT2D eigenvalue weighted by Gasteiger charge is -2.23. The Morgan fingerprint density at radius 1 is 1.22 bits per heavy atom. The quantitative estimate of drug-likeness (QED) is 0.693. The van der Waals surface area contributed by atoms with Crippen LogP contribution in [0.2, 0.25) is 0 Å². The van der Waals surface area contributed by atoms with E-state index in [-0.39, 0.29) is 18.7 Å². The van der Waals surface area contributed by atoms with E-state index in [1.807, 2.05) is 12.1 Å². The fourth-order valence-corrected chi connectivity index (χ4v) is 2.27. The molecule has 0 unspecified atom stereocenters. The minimum absolute atomic E-state index is 0.0996. The van der Waals surface area contributed by atoms with Crippen LogP contribution in [-0.4, -0.2) is 60.2 Å². The van der Waals surface area contributed by atoms with E-state index in [0.717, 1.165) is 5.56 Å². The molecule has 1 N–H and O–H groups in total. The second-order valence-corrected chi connectivity index (χ2v) is 7.18. The van der Waals surface area contributed by atoms with E-state index < -0.39 is 23.7 Å². The van der Waals surface area contributed by atoms with Gasteiger partial charge >= 0.3 is 12.1 Å². The standard InChI is InChI=1S/C19H29N3O5/c1-19(2,3)27-18(25)21-15(17(24)26-5)6-7-16(23)22(4)13-10-14-8-11-20-12-9-14/h8-9,11-12,15H,6-7,10,13H2,1-5H3,(H,21,25)/t15-/m0/s1. The molecule has 1 atom stereocenters. The number of alkyl carbamates (subject to hydrolysis) is 1. The summed E-state index contributed by atoms with van der Waals surface area (Å²) in [7, 11) is 2.94. The predicted octanol–water partition coefficient (Wildman–Crippen LogP) is 1.93. The molecule has 1 heterocycles. The Labute approximate surface area is 160 Å². The van der Waals surface area contributed by atoms with Gasteiger partial charge in [-0.1, -0.05) is 0 Å². The van der Waals surface area contributed by atoms with Crippen LogP contribution in [0.4, 0.5) is 4.79 Å². The molecule has 150 valence electrons. The van der Waals surface area contributed by atoms with Crippen LogP contribution in [0.5, 0.6) is 0 Å². The Hall–Kier alpha value is -2.64. The van der Waals surface area contributed by atoms with Crippen molar-refractivity contribution in [2.24, 2.45) is 0 Å². The third-order valence-corrected chi connectivity index (χ3v) is 3.73. The molecule has 2 amide bonds. The van der Waals surface area contributed by atoms with Crippen molar-refractivity contribution in [1.82, 2.24) is 15.2 Å². The molecule has 1 aromatic heterocycles. The molecule has 1 aromatic rings. The Balaban J connectivity index is 2.51. The van der Waals surface area contributed by atoms with Gasteiger partial charge < -0.3 is 19.7 Å². The maximum absolute atomic E-state index is 12.3. The first-order chi connectivity index (χ1) is 12.6. The van der Waals surface area contributed by atoms with E-state index in [9.17, 15) is 14.4 Å². The van der Waals surface area contributed by atoms with Crippen LogP contribution in [-0.2, 0) is 25.5 Å². The maximum Gasteiger partial charge on any atom is 0.408 e. The van der Waals surface area contributed by atoms with Gasteiger partial charge in [0.2, 0.25) is 5.91 Å². The number of hydrogen-bond donors (Lipinski definition) is 1. The molecule has 0 radical (unpaired) electrons. The number of amides is 2. The Morgan fingerprint density at radius 2 is 1.85 bits per heavy atom. The van der Waals surface area contributed by atoms with Crippen LogP contribution in [0.1, 0.15) is 39.2 Å². The summed E-state index contributed by atoms with van der Waals surface area (Å²) in [6.45, 7) is 5.72. The molecule has 1 rings (SSSR count). The molecule has 0 aliphatic heterocycles. The summed E-state index contributed by atoms with van der Waals surface area (Å²) in [4.78, 5) is 41.6. The smallest absolute Gasteiger partial charge is 0.408 e. The van der Waals surface area contributed by atoms with Crippen molar-refractivity contribution in [2.45, 2.75) is 51.7 Å². The maximum atomic E-state index is 12.3. The molecule has 27 heavy (non-hydrogen) atoms. The first kappa shape index (κ1) is 22.4. The number of aromatic nitrogens is 1. The van der Waals surface area contributed by atoms with Crippen LogP contribution in [0.15, 0.2) is 24.5 Å². The van der Waals surface area contributed by atoms with Crippen molar-refractivity contribution in [2.75, 3.05) is 20.7 Å². The van der Waals surface area contributed by atoms with Crippen molar-refractivity contribution in [3.63, 3.8) is 0 Å². The largest absolute Gasteiger partial charge is 0.467 e. The second kappa shape index (κ2) is 10.5. The van der Waals surface area contributed by atoms with Crippen molar-refractivity contribution < 1.29 is 23.9 Å². The molecule has 0 bridgehead atoms. The van der Waals surface area contributed by atoms with E-state index in [4.69, 9.17) is 9.47 Å². The number of esters is 1. The van der Waals surface area contributed by atoms with Gasteiger partial charge in [-0.05, 0) is 51.3 Å². The average molecular weight is 379 g/mol. The van der Waals surface area contributed by atoms with Crippen LogP contribution in [0.25, 0.3) is 0 Å². The number of likely N-dealkylation sites (N-methyl/N-ethyl adjacent to an activating group) is 1. The highest BCUT2D eigenvalue weighted by molar-refractivity contribution is 5.82. The normalized spacial score (nSPS) is 12.0. The average Bonchev–Trinajstić information content (AvgIpc) is 2.61. The van der Waals surface area contributed by atoms with E-state index in [1.165, 1.54) is 7.11 Å². The monoisotopic (exact) mass is 379 g/mol. The Bertz CT molecular complexity index is 628. The highest BCUT2D eigenvalue weighted by atomic mass is 16.6. The van der Waals surface area contributed by atoms with Gasteiger partial charge in [-0.3, -0.25) is 9.78 Å². The van der Waals surface area contributed by atoms with Crippen LogP contribution >= 0.6 is 0 Å². The number of carbonyl (C=O) groups is 3. The molecule has 0 aliphatic rings. The lowest BCUT2D eigenvalue weighted by atomic mass is 10.1. The number of rotatable bonds is 8. The minimum atomic E-state index is -0.942. The molecule has 8 heteroatoms. The van der Waals surface area contributed by atoms with Crippen molar-refractivity contribution in [3.05, 3.63) is 30.1 Å². The summed E-state index contributed by atoms with van der Waals surface area (Å²) < 4.78 is 9.85. The van der Waals surface area contributed by atoms with Crippen LogP contribution < -0.4 is 5.32 Å². The molecular weight excluding hydrogens is 350 g/mol. The number of hydrogen-bond acceptors (Lipinski definition) is 6. The Kier molecular flexibility index (Phi) is 8.71. The zero-order valence-electron chi connectivity index (χ0n) is 16.7. The number of nitrogens with one attached hydrogen (secondary N) is 1. The van der Waals surface area contributed by atoms with Gasteiger partial charge in [-0.25, -0.2) is 9.59 Å². The van der Waals surface area contributed by atoms with Crippen LogP contribution in [0.3, 0.4) is 0 Å². The summed E-state index contributed by atoms with van der Waals surface area (Å²) in [6.07, 6.45) is 3.63. The molecule has 0 saturated heterocycles. The van der Waals surface area contributed by atoms with Crippen LogP contribution in [0, 0.1) is 0 Å². The third kappa shape index (κ3) is 9.03. The summed E-state index contributed by atoms with van der Waals surface area (Å²) in [5.41, 5.74) is 0.400. The third-order valence-electron chi connectivity index (χ3n) is 3.73. The minimum Gasteiger partial charge on any atom is -0.467 e. The zero-order chi connectivity index (χ0) is 20.4. The lowest BCUT2D eigenvalue weighted by molar-refractivity contribution is -0.143. The molecule has 8 nitrogen and oxygen atoms in total. The Morgan fingerprint density at radius 3 is 2.41 bits per heavy atom. The topological polar surface area (TPSA) is 97.8 Å². The number of ether oxygens (including phenoxy) is 2. The van der Waals surface area contributed by atoms with Gasteiger partial charge in [0.25, 0.3) is 0 Å². The molecule has 0 spiro atoms. The van der Waals surface area contributed by atoms with E-state index in [2.05, 4.69) is 10.3 Å². The number of methoxy groups -OCH3 is 1. The number of pyridine rings is 1. The molecule has 0 aliphatic carbocycles. The van der Waals surface area contributed by atoms with E-state index >= 15 is 0 Å². The highest BCUT2D eigenvalue weighted by Gasteiger charge is 2.26. The first-order valence-electron chi connectivity index (χ1n) is 8.82. The SMILES string of the molecule is COC(=O)[C@H](CCC(=O)N(C)CCc1ccncc1)NC(=O)OC(C)(C)C. The van der Waals surface area contributed by atoms with Gasteiger partial charge in [0.15, 0.2) is 0 Å². The fraction of sp³-hybridized carbons (Fsp3) is 0.579. The highest BCUT2D eigenvalue weighted by Crippen LogP contribution is 2.09. The molecule has 0 aromatic carbocycles. The second-order valence-electron chi connectivity index (χ2n) is 7.18. The molecular formula is C19H29N3O5. The summed E-state index contributed by atoms with van der Waals surface area (Å²) in [6, 6.07) is 2.86. The van der Waals surface area contributed by atoms with E-state index in [0.29, 0.717) is 13.0 Å². The van der Waals surface area contributed by atoms with Gasteiger partial charge in [-0.15, -0.1) is 0 Å². The van der Waals surface area contributed by atoms with E-state index in [1.54, 1.807) is 45.1 Å². The summed E-state index contributed by atoms with van der Waals surface area (Å²) in [5.74, 6) is -0.739. The van der Waals surface area contributed by atoms with Crippen molar-refractivity contribution in [3.8, 4) is 0 Å². The number of nitrogens with zero attached hydrogens (tertiary/aromatic N) is 2. The van der Waals surface area contributed by atoms with Gasteiger partial charge in [0.1, 0.15) is 11.6 Å². The summed E-state index contributed by atoms with van der Waals surface area (Å²) >= 11 is 0. The summed E-state index contributed by atoms with van der Waals surface area (Å²) in [5, 5.41) is 2.46. The van der Waals surface area contributed by atoms with Crippen molar-refractivity contribution in [1.29, 1.82) is 0 Å². The molecule has 0 saturated carbocycles.